The highest BCUT2D eigenvalue weighted by Gasteiger charge is 2.00. The number of aryl methyl sites for hydroxylation is 2. The Morgan fingerprint density at radius 1 is 1.25 bits per heavy atom. The minimum atomic E-state index is 0.994. The van der Waals surface area contributed by atoms with Crippen LogP contribution in [0.4, 0.5) is 0 Å². The van der Waals surface area contributed by atoms with Crippen molar-refractivity contribution < 1.29 is 0 Å². The first-order valence-corrected chi connectivity index (χ1v) is 6.35. The van der Waals surface area contributed by atoms with E-state index in [2.05, 4.69) is 40.5 Å². The zero-order valence-corrected chi connectivity index (χ0v) is 10.2. The van der Waals surface area contributed by atoms with Gasteiger partial charge in [-0.3, -0.25) is 0 Å². The molecule has 0 spiro atoms. The molecule has 0 aliphatic carbocycles. The molecule has 1 aromatic carbocycles. The van der Waals surface area contributed by atoms with Crippen LogP contribution in [0.3, 0.4) is 0 Å². The van der Waals surface area contributed by atoms with Crippen molar-refractivity contribution in [3.05, 3.63) is 42.2 Å². The molecule has 0 atom stereocenters. The van der Waals surface area contributed by atoms with E-state index >= 15 is 0 Å². The van der Waals surface area contributed by atoms with E-state index in [1.807, 2.05) is 11.6 Å². The maximum absolute atomic E-state index is 4.04. The molecule has 1 heterocycles. The lowest BCUT2D eigenvalue weighted by atomic mass is 10.1. The second kappa shape index (κ2) is 5.70. The summed E-state index contributed by atoms with van der Waals surface area (Å²) >= 11 is 1.76. The van der Waals surface area contributed by atoms with Crippen molar-refractivity contribution in [1.29, 1.82) is 0 Å². The van der Waals surface area contributed by atoms with Gasteiger partial charge in [-0.05, 0) is 18.4 Å². The van der Waals surface area contributed by atoms with Gasteiger partial charge in [-0.2, -0.15) is 0 Å². The largest absolute Gasteiger partial charge is 0.312 e. The van der Waals surface area contributed by atoms with Crippen LogP contribution in [-0.4, -0.2) is 20.5 Å². The van der Waals surface area contributed by atoms with Crippen LogP contribution in [0.2, 0.25) is 0 Å². The highest BCUT2D eigenvalue weighted by molar-refractivity contribution is 7.99. The van der Waals surface area contributed by atoms with E-state index in [4.69, 9.17) is 0 Å². The number of aromatic nitrogens is 3. The van der Waals surface area contributed by atoms with Crippen molar-refractivity contribution in [2.24, 2.45) is 7.05 Å². The lowest BCUT2D eigenvalue weighted by Gasteiger charge is -2.01. The summed E-state index contributed by atoms with van der Waals surface area (Å²) in [5.41, 5.74) is 1.40. The Labute approximate surface area is 99.9 Å². The van der Waals surface area contributed by atoms with Crippen LogP contribution in [0.5, 0.6) is 0 Å². The molecule has 0 amide bonds. The van der Waals surface area contributed by atoms with Gasteiger partial charge in [0.05, 0.1) is 0 Å². The van der Waals surface area contributed by atoms with E-state index in [1.54, 1.807) is 18.1 Å². The third-order valence-corrected chi connectivity index (χ3v) is 3.47. The van der Waals surface area contributed by atoms with Gasteiger partial charge in [0, 0.05) is 12.8 Å². The van der Waals surface area contributed by atoms with Crippen LogP contribution in [0, 0.1) is 0 Å². The molecule has 0 aliphatic heterocycles. The Hall–Kier alpha value is -1.29. The van der Waals surface area contributed by atoms with Gasteiger partial charge in [0.15, 0.2) is 5.16 Å². The predicted octanol–water partition coefficient (Wildman–Crippen LogP) is 2.54. The molecule has 0 saturated carbocycles. The van der Waals surface area contributed by atoms with Gasteiger partial charge in [-0.1, -0.05) is 42.1 Å². The maximum atomic E-state index is 4.04. The van der Waals surface area contributed by atoms with Crippen LogP contribution in [0.1, 0.15) is 12.0 Å². The average molecular weight is 233 g/mol. The first kappa shape index (κ1) is 11.2. The molecule has 0 saturated heterocycles. The second-order valence-corrected chi connectivity index (χ2v) is 4.72. The van der Waals surface area contributed by atoms with Crippen LogP contribution in [-0.2, 0) is 13.5 Å². The SMILES string of the molecule is Cn1cnnc1SCCCc1ccccc1. The summed E-state index contributed by atoms with van der Waals surface area (Å²) in [5.74, 6) is 1.08. The molecular weight excluding hydrogens is 218 g/mol. The van der Waals surface area contributed by atoms with Gasteiger partial charge in [0.1, 0.15) is 6.33 Å². The number of rotatable bonds is 5. The third kappa shape index (κ3) is 3.10. The van der Waals surface area contributed by atoms with Gasteiger partial charge in [-0.25, -0.2) is 0 Å². The van der Waals surface area contributed by atoms with Crippen molar-refractivity contribution in [2.45, 2.75) is 18.0 Å². The average Bonchev–Trinajstić information content (AvgIpc) is 2.72. The lowest BCUT2D eigenvalue weighted by molar-refractivity contribution is 0.786. The molecule has 2 rings (SSSR count). The second-order valence-electron chi connectivity index (χ2n) is 3.66. The monoisotopic (exact) mass is 233 g/mol. The normalized spacial score (nSPS) is 10.6. The molecule has 84 valence electrons. The molecule has 0 fully saturated rings. The number of nitrogens with zero attached hydrogens (tertiary/aromatic N) is 3. The summed E-state index contributed by atoms with van der Waals surface area (Å²) in [7, 11) is 1.97. The summed E-state index contributed by atoms with van der Waals surface area (Å²) in [6, 6.07) is 10.6. The highest BCUT2D eigenvalue weighted by atomic mass is 32.2. The molecule has 0 aliphatic rings. The fourth-order valence-corrected chi connectivity index (χ4v) is 2.31. The molecule has 2 aromatic rings. The summed E-state index contributed by atoms with van der Waals surface area (Å²) in [6.07, 6.45) is 4.03. The van der Waals surface area contributed by atoms with Gasteiger partial charge in [0.2, 0.25) is 0 Å². The highest BCUT2D eigenvalue weighted by Crippen LogP contribution is 2.15. The third-order valence-electron chi connectivity index (χ3n) is 2.35. The molecule has 3 nitrogen and oxygen atoms in total. The standard InChI is InChI=1S/C12H15N3S/c1-15-10-13-14-12(15)16-9-5-8-11-6-3-2-4-7-11/h2-4,6-7,10H,5,8-9H2,1H3. The molecule has 1 aromatic heterocycles. The molecule has 4 heteroatoms. The van der Waals surface area contributed by atoms with E-state index < -0.39 is 0 Å². The van der Waals surface area contributed by atoms with Crippen molar-refractivity contribution in [3.63, 3.8) is 0 Å². The fourth-order valence-electron chi connectivity index (χ4n) is 1.49. The van der Waals surface area contributed by atoms with E-state index in [0.717, 1.165) is 17.3 Å². The van der Waals surface area contributed by atoms with Crippen molar-refractivity contribution in [3.8, 4) is 0 Å². The molecule has 0 radical (unpaired) electrons. The lowest BCUT2D eigenvalue weighted by Crippen LogP contribution is -1.92. The number of thioether (sulfide) groups is 1. The van der Waals surface area contributed by atoms with Crippen molar-refractivity contribution >= 4 is 11.8 Å². The molecule has 0 N–H and O–H groups in total. The summed E-state index contributed by atoms with van der Waals surface area (Å²) < 4.78 is 1.95. The van der Waals surface area contributed by atoms with E-state index in [1.165, 1.54) is 12.0 Å². The van der Waals surface area contributed by atoms with E-state index in [0.29, 0.717) is 0 Å². The quantitative estimate of drug-likeness (QED) is 0.587. The Kier molecular flexibility index (Phi) is 3.99. The fraction of sp³-hybridized carbons (Fsp3) is 0.333. The van der Waals surface area contributed by atoms with Crippen LogP contribution >= 0.6 is 11.8 Å². The smallest absolute Gasteiger partial charge is 0.190 e. The first-order chi connectivity index (χ1) is 7.86. The maximum Gasteiger partial charge on any atom is 0.190 e. The summed E-state index contributed by atoms with van der Waals surface area (Å²) in [4.78, 5) is 0. The zero-order chi connectivity index (χ0) is 11.2. The molecule has 0 unspecified atom stereocenters. The van der Waals surface area contributed by atoms with Gasteiger partial charge in [0.25, 0.3) is 0 Å². The van der Waals surface area contributed by atoms with Crippen molar-refractivity contribution in [1.82, 2.24) is 14.8 Å². The van der Waals surface area contributed by atoms with E-state index in [-0.39, 0.29) is 0 Å². The minimum absolute atomic E-state index is 0.994. The minimum Gasteiger partial charge on any atom is -0.312 e. The predicted molar refractivity (Wildman–Crippen MR) is 66.5 cm³/mol. The van der Waals surface area contributed by atoms with Crippen molar-refractivity contribution in [2.75, 3.05) is 5.75 Å². The number of hydrogen-bond donors (Lipinski definition) is 0. The molecule has 16 heavy (non-hydrogen) atoms. The molecule has 0 bridgehead atoms. The van der Waals surface area contributed by atoms with Crippen LogP contribution in [0.25, 0.3) is 0 Å². The zero-order valence-electron chi connectivity index (χ0n) is 9.34. The van der Waals surface area contributed by atoms with Gasteiger partial charge < -0.3 is 4.57 Å². The first-order valence-electron chi connectivity index (χ1n) is 5.37. The Morgan fingerprint density at radius 3 is 2.75 bits per heavy atom. The van der Waals surface area contributed by atoms with Gasteiger partial charge >= 0.3 is 0 Å². The topological polar surface area (TPSA) is 30.7 Å². The Bertz CT molecular complexity index is 425. The van der Waals surface area contributed by atoms with Crippen LogP contribution < -0.4 is 0 Å². The Morgan fingerprint density at radius 2 is 2.06 bits per heavy atom. The molecular formula is C12H15N3S. The van der Waals surface area contributed by atoms with Gasteiger partial charge in [-0.15, -0.1) is 10.2 Å². The number of benzene rings is 1. The van der Waals surface area contributed by atoms with Crippen LogP contribution in [0.15, 0.2) is 41.8 Å². The summed E-state index contributed by atoms with van der Waals surface area (Å²) in [6.45, 7) is 0. The summed E-state index contributed by atoms with van der Waals surface area (Å²) in [5, 5.41) is 8.88. The number of hydrogen-bond acceptors (Lipinski definition) is 3. The Balaban J connectivity index is 1.72. The van der Waals surface area contributed by atoms with E-state index in [9.17, 15) is 0 Å².